The van der Waals surface area contributed by atoms with Gasteiger partial charge in [0, 0.05) is 25.9 Å². The van der Waals surface area contributed by atoms with E-state index in [1.807, 2.05) is 11.3 Å². The molecule has 1 nitrogen and oxygen atoms in total. The van der Waals surface area contributed by atoms with Crippen molar-refractivity contribution < 1.29 is 0 Å². The van der Waals surface area contributed by atoms with Crippen LogP contribution in [0.3, 0.4) is 0 Å². The van der Waals surface area contributed by atoms with Gasteiger partial charge in [0.05, 0.1) is 5.52 Å². The lowest BCUT2D eigenvalue weighted by Gasteiger charge is -2.00. The molecule has 2 aromatic carbocycles. The van der Waals surface area contributed by atoms with Crippen LogP contribution in [-0.4, -0.2) is 4.98 Å². The Balaban J connectivity index is 2.32. The van der Waals surface area contributed by atoms with Gasteiger partial charge in [-0.3, -0.25) is 0 Å². The predicted octanol–water partition coefficient (Wildman–Crippen LogP) is 5.46. The Labute approximate surface area is 115 Å². The van der Waals surface area contributed by atoms with Crippen molar-refractivity contribution >= 4 is 43.2 Å². The summed E-state index contributed by atoms with van der Waals surface area (Å²) in [6.07, 6.45) is 0. The first kappa shape index (κ1) is 11.1. The summed E-state index contributed by atoms with van der Waals surface area (Å²) in [6, 6.07) is 10.9. The van der Waals surface area contributed by atoms with E-state index in [4.69, 9.17) is 0 Å². The Morgan fingerprint density at radius 1 is 0.895 bits per heavy atom. The third-order valence-electron chi connectivity index (χ3n) is 4.18. The Morgan fingerprint density at radius 3 is 2.53 bits per heavy atom. The first-order chi connectivity index (χ1) is 9.16. The minimum Gasteiger partial charge on any atom is -0.354 e. The zero-order valence-electron chi connectivity index (χ0n) is 11.3. The summed E-state index contributed by atoms with van der Waals surface area (Å²) >= 11 is 1.91. The van der Waals surface area contributed by atoms with Gasteiger partial charge in [-0.05, 0) is 49.4 Å². The average molecular weight is 265 g/mol. The molecule has 1 N–H and O–H groups in total. The van der Waals surface area contributed by atoms with Crippen molar-refractivity contribution in [1.29, 1.82) is 0 Å². The second-order valence-corrected chi connectivity index (χ2v) is 6.48. The van der Waals surface area contributed by atoms with Gasteiger partial charge >= 0.3 is 0 Å². The number of nitrogens with one attached hydrogen (secondary N) is 1. The number of hydrogen-bond acceptors (Lipinski definition) is 1. The molecule has 0 fully saturated rings. The molecular formula is C17H15NS. The average Bonchev–Trinajstić information content (AvgIpc) is 2.92. The first-order valence-electron chi connectivity index (χ1n) is 6.56. The van der Waals surface area contributed by atoms with Crippen LogP contribution in [0.2, 0.25) is 0 Å². The van der Waals surface area contributed by atoms with Gasteiger partial charge in [-0.2, -0.15) is 0 Å². The minimum atomic E-state index is 1.23. The summed E-state index contributed by atoms with van der Waals surface area (Å²) in [4.78, 5) is 5.00. The fourth-order valence-corrected chi connectivity index (χ4v) is 4.11. The lowest BCUT2D eigenvalue weighted by molar-refractivity contribution is 1.47. The van der Waals surface area contributed by atoms with Crippen LogP contribution in [0.25, 0.3) is 31.9 Å². The maximum absolute atomic E-state index is 3.57. The van der Waals surface area contributed by atoms with Crippen LogP contribution in [0.4, 0.5) is 0 Å². The van der Waals surface area contributed by atoms with Crippen molar-refractivity contribution in [3.63, 3.8) is 0 Å². The normalized spacial score (nSPS) is 11.9. The van der Waals surface area contributed by atoms with Crippen molar-refractivity contribution in [2.75, 3.05) is 0 Å². The van der Waals surface area contributed by atoms with Crippen LogP contribution in [0, 0.1) is 20.8 Å². The molecule has 2 heterocycles. The van der Waals surface area contributed by atoms with Crippen LogP contribution in [0.15, 0.2) is 30.3 Å². The molecule has 2 heteroatoms. The SMILES string of the molecule is Cc1sc2c(C)c3[nH]c4ccccc4c3cc2c1C. The van der Waals surface area contributed by atoms with Gasteiger partial charge in [-0.1, -0.05) is 18.2 Å². The molecule has 0 atom stereocenters. The van der Waals surface area contributed by atoms with Crippen molar-refractivity contribution in [1.82, 2.24) is 4.98 Å². The van der Waals surface area contributed by atoms with E-state index in [9.17, 15) is 0 Å². The van der Waals surface area contributed by atoms with E-state index in [1.54, 1.807) is 0 Å². The summed E-state index contributed by atoms with van der Waals surface area (Å²) in [5.41, 5.74) is 5.32. The first-order valence-corrected chi connectivity index (χ1v) is 7.38. The predicted molar refractivity (Wildman–Crippen MR) is 85.4 cm³/mol. The lowest BCUT2D eigenvalue weighted by Crippen LogP contribution is -1.78. The number of benzene rings is 2. The maximum Gasteiger partial charge on any atom is 0.0509 e. The lowest BCUT2D eigenvalue weighted by atomic mass is 10.0. The highest BCUT2D eigenvalue weighted by Gasteiger charge is 2.13. The largest absolute Gasteiger partial charge is 0.354 e. The number of para-hydroxylation sites is 1. The number of thiophene rings is 1. The van der Waals surface area contributed by atoms with E-state index in [0.29, 0.717) is 0 Å². The topological polar surface area (TPSA) is 15.8 Å². The molecule has 0 radical (unpaired) electrons. The molecule has 0 spiro atoms. The Bertz CT molecular complexity index is 940. The number of aromatic amines is 1. The molecule has 0 bridgehead atoms. The highest BCUT2D eigenvalue weighted by atomic mass is 32.1. The monoisotopic (exact) mass is 265 g/mol. The van der Waals surface area contributed by atoms with Gasteiger partial charge in [-0.15, -0.1) is 11.3 Å². The molecule has 19 heavy (non-hydrogen) atoms. The Morgan fingerprint density at radius 2 is 1.68 bits per heavy atom. The van der Waals surface area contributed by atoms with Gasteiger partial charge < -0.3 is 4.98 Å². The van der Waals surface area contributed by atoms with Crippen LogP contribution in [-0.2, 0) is 0 Å². The third kappa shape index (κ3) is 1.35. The number of hydrogen-bond donors (Lipinski definition) is 1. The molecule has 4 aromatic rings. The smallest absolute Gasteiger partial charge is 0.0509 e. The van der Waals surface area contributed by atoms with Gasteiger partial charge in [-0.25, -0.2) is 0 Å². The summed E-state index contributed by atoms with van der Waals surface area (Å²) < 4.78 is 1.43. The zero-order valence-corrected chi connectivity index (χ0v) is 12.1. The van der Waals surface area contributed by atoms with Crippen molar-refractivity contribution in [3.05, 3.63) is 46.3 Å². The molecule has 94 valence electrons. The van der Waals surface area contributed by atoms with Crippen LogP contribution in [0.5, 0.6) is 0 Å². The molecule has 0 saturated carbocycles. The van der Waals surface area contributed by atoms with Gasteiger partial charge in [0.2, 0.25) is 0 Å². The summed E-state index contributed by atoms with van der Waals surface area (Å²) in [5.74, 6) is 0. The van der Waals surface area contributed by atoms with E-state index < -0.39 is 0 Å². The molecule has 0 unspecified atom stereocenters. The quantitative estimate of drug-likeness (QED) is 0.434. The molecule has 0 amide bonds. The fourth-order valence-electron chi connectivity index (χ4n) is 2.96. The molecule has 0 saturated heterocycles. The number of aromatic nitrogens is 1. The number of rotatable bonds is 0. The highest BCUT2D eigenvalue weighted by molar-refractivity contribution is 7.19. The van der Waals surface area contributed by atoms with Crippen molar-refractivity contribution in [2.45, 2.75) is 20.8 Å². The summed E-state index contributed by atoms with van der Waals surface area (Å²) in [5, 5.41) is 4.09. The van der Waals surface area contributed by atoms with E-state index in [1.165, 1.54) is 47.9 Å². The Kier molecular flexibility index (Phi) is 2.10. The van der Waals surface area contributed by atoms with E-state index >= 15 is 0 Å². The number of aryl methyl sites for hydroxylation is 3. The summed E-state index contributed by atoms with van der Waals surface area (Å²) in [7, 11) is 0. The molecule has 0 aliphatic carbocycles. The molecule has 0 aliphatic rings. The van der Waals surface area contributed by atoms with E-state index in [-0.39, 0.29) is 0 Å². The zero-order chi connectivity index (χ0) is 13.1. The molecular weight excluding hydrogens is 250 g/mol. The van der Waals surface area contributed by atoms with Gasteiger partial charge in [0.15, 0.2) is 0 Å². The van der Waals surface area contributed by atoms with Gasteiger partial charge in [0.25, 0.3) is 0 Å². The van der Waals surface area contributed by atoms with Crippen LogP contribution >= 0.6 is 11.3 Å². The van der Waals surface area contributed by atoms with Crippen molar-refractivity contribution in [3.8, 4) is 0 Å². The maximum atomic E-state index is 3.57. The standard InChI is InChI=1S/C17H15NS/c1-9-11(3)19-17-10(2)16-14(8-13(9)17)12-6-4-5-7-15(12)18-16/h4-8,18H,1-3H3. The van der Waals surface area contributed by atoms with E-state index in [2.05, 4.69) is 56.1 Å². The Hall–Kier alpha value is -1.80. The molecule has 0 aliphatic heterocycles. The number of fused-ring (bicyclic) bond motifs is 4. The summed E-state index contributed by atoms with van der Waals surface area (Å²) in [6.45, 7) is 6.68. The van der Waals surface area contributed by atoms with Crippen molar-refractivity contribution in [2.24, 2.45) is 0 Å². The fraction of sp³-hybridized carbons (Fsp3) is 0.176. The molecule has 2 aromatic heterocycles. The third-order valence-corrected chi connectivity index (χ3v) is 5.52. The van der Waals surface area contributed by atoms with Crippen LogP contribution < -0.4 is 0 Å². The second-order valence-electron chi connectivity index (χ2n) is 5.25. The number of H-pyrrole nitrogens is 1. The molecule has 4 rings (SSSR count). The van der Waals surface area contributed by atoms with Gasteiger partial charge in [0.1, 0.15) is 0 Å². The second kappa shape index (κ2) is 3.61. The van der Waals surface area contributed by atoms with E-state index in [0.717, 1.165) is 0 Å². The minimum absolute atomic E-state index is 1.23. The van der Waals surface area contributed by atoms with Crippen LogP contribution in [0.1, 0.15) is 16.0 Å². The highest BCUT2D eigenvalue weighted by Crippen LogP contribution is 2.38.